The maximum absolute atomic E-state index is 4.27. The minimum atomic E-state index is 1.05. The van der Waals surface area contributed by atoms with Gasteiger partial charge in [0.2, 0.25) is 0 Å². The first-order chi connectivity index (χ1) is 6.77. The van der Waals surface area contributed by atoms with Crippen molar-refractivity contribution in [3.05, 3.63) is 29.4 Å². The number of thiophene rings is 1. The van der Waals surface area contributed by atoms with Gasteiger partial charge in [0.25, 0.3) is 0 Å². The summed E-state index contributed by atoms with van der Waals surface area (Å²) in [6.45, 7) is 6.10. The molecule has 0 amide bonds. The molecule has 14 heavy (non-hydrogen) atoms. The van der Waals surface area contributed by atoms with Crippen LogP contribution in [0.25, 0.3) is 10.7 Å². The van der Waals surface area contributed by atoms with Crippen molar-refractivity contribution in [1.82, 2.24) is 9.55 Å². The number of imidazole rings is 1. The Kier molecular flexibility index (Phi) is 3.89. The number of nitrogens with zero attached hydrogens (tertiary/aromatic N) is 2. The van der Waals surface area contributed by atoms with E-state index in [0.29, 0.717) is 0 Å². The van der Waals surface area contributed by atoms with Gasteiger partial charge in [-0.05, 0) is 23.9 Å². The van der Waals surface area contributed by atoms with E-state index in [9.17, 15) is 0 Å². The topological polar surface area (TPSA) is 17.8 Å². The molecule has 76 valence electrons. The Labute approximate surface area is 89.2 Å². The molecule has 0 atom stereocenters. The summed E-state index contributed by atoms with van der Waals surface area (Å²) in [5.41, 5.74) is 1.30. The molecule has 2 rings (SSSR count). The fourth-order valence-corrected chi connectivity index (χ4v) is 2.09. The maximum Gasteiger partial charge on any atom is 0.149 e. The van der Waals surface area contributed by atoms with Crippen molar-refractivity contribution in [3.63, 3.8) is 0 Å². The lowest BCUT2D eigenvalue weighted by molar-refractivity contribution is 0.928. The lowest BCUT2D eigenvalue weighted by atomic mass is 10.3. The van der Waals surface area contributed by atoms with Crippen molar-refractivity contribution in [1.29, 1.82) is 0 Å². The molecule has 3 heteroatoms. The zero-order valence-electron chi connectivity index (χ0n) is 9.11. The molecule has 0 N–H and O–H groups in total. The van der Waals surface area contributed by atoms with Crippen LogP contribution < -0.4 is 0 Å². The third kappa shape index (κ3) is 2.23. The van der Waals surface area contributed by atoms with Crippen LogP contribution in [-0.4, -0.2) is 9.55 Å². The molecule has 0 aliphatic heterocycles. The third-order valence-corrected chi connectivity index (χ3v) is 2.82. The van der Waals surface area contributed by atoms with Gasteiger partial charge >= 0.3 is 0 Å². The minimum absolute atomic E-state index is 1.05. The second-order valence-electron chi connectivity index (χ2n) is 2.85. The highest BCUT2D eigenvalue weighted by Crippen LogP contribution is 2.24. The molecule has 0 fully saturated rings. The van der Waals surface area contributed by atoms with Crippen molar-refractivity contribution in [2.75, 3.05) is 0 Å². The van der Waals surface area contributed by atoms with Crippen LogP contribution in [0.4, 0.5) is 0 Å². The number of aromatic nitrogens is 2. The molecule has 0 saturated carbocycles. The molecule has 2 nitrogen and oxygen atoms in total. The summed E-state index contributed by atoms with van der Waals surface area (Å²) in [5.74, 6) is 1.05. The maximum atomic E-state index is 4.27. The Bertz CT molecular complexity index is 387. The van der Waals surface area contributed by atoms with Gasteiger partial charge in [-0.1, -0.05) is 13.8 Å². The van der Waals surface area contributed by atoms with E-state index in [-0.39, 0.29) is 0 Å². The van der Waals surface area contributed by atoms with Crippen LogP contribution in [0.3, 0.4) is 0 Å². The first-order valence-electron chi connectivity index (χ1n) is 4.80. The Hall–Kier alpha value is -1.09. The Morgan fingerprint density at radius 2 is 2.07 bits per heavy atom. The minimum Gasteiger partial charge on any atom is -0.333 e. The highest BCUT2D eigenvalue weighted by atomic mass is 32.1. The van der Waals surface area contributed by atoms with Gasteiger partial charge in [-0.2, -0.15) is 0 Å². The number of hydrogen-bond donors (Lipinski definition) is 0. The number of hydrogen-bond acceptors (Lipinski definition) is 2. The molecular formula is C11H16N2S. The Morgan fingerprint density at radius 1 is 1.36 bits per heavy atom. The summed E-state index contributed by atoms with van der Waals surface area (Å²) in [6.07, 6.45) is 3.79. The zero-order chi connectivity index (χ0) is 10.6. The molecule has 0 spiro atoms. The van der Waals surface area contributed by atoms with Gasteiger partial charge in [0.05, 0.1) is 4.88 Å². The van der Waals surface area contributed by atoms with Gasteiger partial charge in [-0.25, -0.2) is 4.98 Å². The average molecular weight is 208 g/mol. The van der Waals surface area contributed by atoms with Crippen LogP contribution in [0.15, 0.2) is 23.8 Å². The fourth-order valence-electron chi connectivity index (χ4n) is 1.15. The monoisotopic (exact) mass is 208 g/mol. The quantitative estimate of drug-likeness (QED) is 0.701. The van der Waals surface area contributed by atoms with E-state index in [1.54, 1.807) is 11.3 Å². The predicted molar refractivity (Wildman–Crippen MR) is 62.6 cm³/mol. The Morgan fingerprint density at radius 3 is 2.50 bits per heavy atom. The van der Waals surface area contributed by atoms with E-state index in [1.807, 2.05) is 37.9 Å². The first kappa shape index (κ1) is 11.0. The fraction of sp³-hybridized carbons (Fsp3) is 0.364. The van der Waals surface area contributed by atoms with Gasteiger partial charge in [0.1, 0.15) is 5.82 Å². The summed E-state index contributed by atoms with van der Waals surface area (Å²) >= 11 is 1.74. The smallest absolute Gasteiger partial charge is 0.149 e. The summed E-state index contributed by atoms with van der Waals surface area (Å²) in [4.78, 5) is 5.51. The van der Waals surface area contributed by atoms with Crippen molar-refractivity contribution < 1.29 is 0 Å². The summed E-state index contributed by atoms with van der Waals surface area (Å²) in [6, 6.07) is 2.16. The van der Waals surface area contributed by atoms with Crippen LogP contribution in [0, 0.1) is 6.92 Å². The van der Waals surface area contributed by atoms with E-state index < -0.39 is 0 Å². The van der Waals surface area contributed by atoms with E-state index >= 15 is 0 Å². The van der Waals surface area contributed by atoms with Crippen molar-refractivity contribution >= 4 is 11.3 Å². The highest BCUT2D eigenvalue weighted by Gasteiger charge is 2.04. The van der Waals surface area contributed by atoms with Crippen LogP contribution in [0.5, 0.6) is 0 Å². The van der Waals surface area contributed by atoms with Gasteiger partial charge in [-0.15, -0.1) is 11.3 Å². The van der Waals surface area contributed by atoms with Gasteiger partial charge in [0, 0.05) is 19.4 Å². The lowest BCUT2D eigenvalue weighted by Gasteiger charge is -1.95. The van der Waals surface area contributed by atoms with E-state index in [2.05, 4.69) is 23.4 Å². The molecular weight excluding hydrogens is 192 g/mol. The predicted octanol–water partition coefficient (Wildman–Crippen LogP) is 3.48. The zero-order valence-corrected chi connectivity index (χ0v) is 9.93. The highest BCUT2D eigenvalue weighted by molar-refractivity contribution is 7.13. The second-order valence-corrected chi connectivity index (χ2v) is 3.76. The van der Waals surface area contributed by atoms with Crippen LogP contribution >= 0.6 is 11.3 Å². The van der Waals surface area contributed by atoms with Gasteiger partial charge in [-0.3, -0.25) is 0 Å². The Balaban J connectivity index is 0.000000461. The van der Waals surface area contributed by atoms with Gasteiger partial charge in [0.15, 0.2) is 0 Å². The van der Waals surface area contributed by atoms with Crippen LogP contribution in [0.2, 0.25) is 0 Å². The third-order valence-electron chi connectivity index (χ3n) is 1.77. The molecule has 0 aliphatic carbocycles. The summed E-state index contributed by atoms with van der Waals surface area (Å²) < 4.78 is 2.03. The second kappa shape index (κ2) is 4.96. The number of rotatable bonds is 1. The van der Waals surface area contributed by atoms with E-state index in [4.69, 9.17) is 0 Å². The molecule has 0 aromatic carbocycles. The molecule has 0 unspecified atom stereocenters. The molecule has 2 aromatic rings. The van der Waals surface area contributed by atoms with Crippen molar-refractivity contribution in [3.8, 4) is 10.7 Å². The first-order valence-corrected chi connectivity index (χ1v) is 5.68. The van der Waals surface area contributed by atoms with Crippen molar-refractivity contribution in [2.45, 2.75) is 20.8 Å². The largest absolute Gasteiger partial charge is 0.333 e. The van der Waals surface area contributed by atoms with Gasteiger partial charge < -0.3 is 4.57 Å². The normalized spacial score (nSPS) is 9.43. The average Bonchev–Trinajstić information content (AvgIpc) is 2.78. The number of aryl methyl sites for hydroxylation is 2. The summed E-state index contributed by atoms with van der Waals surface area (Å²) in [7, 11) is 2.01. The van der Waals surface area contributed by atoms with Crippen molar-refractivity contribution in [2.24, 2.45) is 7.05 Å². The van der Waals surface area contributed by atoms with E-state index in [1.165, 1.54) is 10.4 Å². The molecule has 2 heterocycles. The summed E-state index contributed by atoms with van der Waals surface area (Å²) in [5, 5.41) is 2.14. The molecule has 2 aromatic heterocycles. The molecule has 0 bridgehead atoms. The van der Waals surface area contributed by atoms with E-state index in [0.717, 1.165) is 5.82 Å². The van der Waals surface area contributed by atoms with Crippen LogP contribution in [-0.2, 0) is 7.05 Å². The molecule has 0 radical (unpaired) electrons. The SMILES string of the molecule is CC.Cc1csc(-c2nccn2C)c1. The molecule has 0 saturated heterocycles. The molecule has 0 aliphatic rings. The lowest BCUT2D eigenvalue weighted by Crippen LogP contribution is -1.87. The van der Waals surface area contributed by atoms with Crippen LogP contribution in [0.1, 0.15) is 19.4 Å². The standard InChI is InChI=1S/C9H10N2S.C2H6/c1-7-5-8(12-6-7)9-10-3-4-11(9)2;1-2/h3-6H,1-2H3;1-2H3.